The minimum atomic E-state index is -1.14. The number of hydrogen-bond donors (Lipinski definition) is 1. The molecule has 1 amide bonds. The van der Waals surface area contributed by atoms with Gasteiger partial charge in [-0.15, -0.1) is 0 Å². The first-order valence-corrected chi connectivity index (χ1v) is 6.41. The van der Waals surface area contributed by atoms with Crippen LogP contribution in [-0.2, 0) is 0 Å². The minimum Gasteiger partial charge on any atom is -0.393 e. The summed E-state index contributed by atoms with van der Waals surface area (Å²) in [7, 11) is 0. The predicted molar refractivity (Wildman–Crippen MR) is 65.2 cm³/mol. The number of hydrogen-bond acceptors (Lipinski definition) is 2. The summed E-state index contributed by atoms with van der Waals surface area (Å²) in [6, 6.07) is 2.57. The molecule has 0 aromatic heterocycles. The molecule has 0 aliphatic carbocycles. The van der Waals surface area contributed by atoms with Gasteiger partial charge in [-0.3, -0.25) is 4.79 Å². The van der Waals surface area contributed by atoms with Gasteiger partial charge in [0.2, 0.25) is 0 Å². The second-order valence-corrected chi connectivity index (χ2v) is 5.10. The summed E-state index contributed by atoms with van der Waals surface area (Å²) in [5.41, 5.74) is -0.271. The number of aliphatic hydroxyl groups excluding tert-OH is 1. The normalized spacial score (nSPS) is 17.0. The van der Waals surface area contributed by atoms with Crippen LogP contribution in [0.4, 0.5) is 8.78 Å². The Kier molecular flexibility index (Phi) is 3.97. The van der Waals surface area contributed by atoms with E-state index in [9.17, 15) is 18.7 Å². The van der Waals surface area contributed by atoms with Gasteiger partial charge in [-0.05, 0) is 40.9 Å². The number of likely N-dealkylation sites (tertiary alicyclic amines) is 1. The van der Waals surface area contributed by atoms with Gasteiger partial charge >= 0.3 is 0 Å². The number of benzene rings is 1. The lowest BCUT2D eigenvalue weighted by Gasteiger charge is -2.29. The average Bonchev–Trinajstić information content (AvgIpc) is 2.36. The van der Waals surface area contributed by atoms with Gasteiger partial charge in [0.1, 0.15) is 0 Å². The van der Waals surface area contributed by atoms with Crippen molar-refractivity contribution in [1.29, 1.82) is 0 Å². The van der Waals surface area contributed by atoms with Crippen LogP contribution in [0.25, 0.3) is 0 Å². The molecule has 1 aliphatic rings. The Morgan fingerprint density at radius 2 is 1.89 bits per heavy atom. The molecule has 0 bridgehead atoms. The average molecular weight is 320 g/mol. The number of amides is 1. The highest BCUT2D eigenvalue weighted by Crippen LogP contribution is 2.23. The topological polar surface area (TPSA) is 40.5 Å². The summed E-state index contributed by atoms with van der Waals surface area (Å²) in [4.78, 5) is 13.4. The van der Waals surface area contributed by atoms with Crippen LogP contribution >= 0.6 is 15.9 Å². The van der Waals surface area contributed by atoms with Crippen LogP contribution in [0.5, 0.6) is 0 Å². The molecule has 6 heteroatoms. The molecule has 1 aliphatic heterocycles. The second-order valence-electron chi connectivity index (χ2n) is 4.25. The maximum Gasteiger partial charge on any atom is 0.256 e. The first kappa shape index (κ1) is 13.4. The number of aliphatic hydroxyl groups is 1. The summed E-state index contributed by atoms with van der Waals surface area (Å²) in [5, 5.41) is 9.34. The molecule has 1 fully saturated rings. The Hall–Kier alpha value is -1.01. The molecule has 0 spiro atoms. The summed E-state index contributed by atoms with van der Waals surface area (Å²) >= 11 is 2.86. The van der Waals surface area contributed by atoms with Crippen LogP contribution in [0.15, 0.2) is 16.6 Å². The molecule has 0 saturated carbocycles. The SMILES string of the molecule is O=C(c1ccc(Br)c(F)c1F)N1CCC(O)CC1. The van der Waals surface area contributed by atoms with Gasteiger partial charge in [-0.1, -0.05) is 0 Å². The fraction of sp³-hybridized carbons (Fsp3) is 0.417. The van der Waals surface area contributed by atoms with E-state index in [0.717, 1.165) is 0 Å². The Balaban J connectivity index is 2.21. The van der Waals surface area contributed by atoms with Crippen molar-refractivity contribution in [2.75, 3.05) is 13.1 Å². The van der Waals surface area contributed by atoms with Crippen molar-refractivity contribution in [3.63, 3.8) is 0 Å². The Morgan fingerprint density at radius 3 is 2.50 bits per heavy atom. The zero-order valence-corrected chi connectivity index (χ0v) is 11.1. The van der Waals surface area contributed by atoms with Gasteiger partial charge < -0.3 is 10.0 Å². The van der Waals surface area contributed by atoms with Crippen LogP contribution in [-0.4, -0.2) is 35.1 Å². The van der Waals surface area contributed by atoms with E-state index in [-0.39, 0.29) is 10.0 Å². The third kappa shape index (κ3) is 2.54. The van der Waals surface area contributed by atoms with Crippen molar-refractivity contribution in [1.82, 2.24) is 4.90 Å². The zero-order chi connectivity index (χ0) is 13.3. The van der Waals surface area contributed by atoms with E-state index in [4.69, 9.17) is 0 Å². The third-order valence-electron chi connectivity index (χ3n) is 3.02. The molecule has 98 valence electrons. The van der Waals surface area contributed by atoms with E-state index in [1.807, 2.05) is 0 Å². The largest absolute Gasteiger partial charge is 0.393 e. The predicted octanol–water partition coefficient (Wildman–Crippen LogP) is 2.32. The van der Waals surface area contributed by atoms with Crippen molar-refractivity contribution in [3.8, 4) is 0 Å². The van der Waals surface area contributed by atoms with Crippen LogP contribution in [0.2, 0.25) is 0 Å². The molecule has 0 radical (unpaired) electrons. The number of nitrogens with zero attached hydrogens (tertiary/aromatic N) is 1. The molecule has 0 unspecified atom stereocenters. The van der Waals surface area contributed by atoms with Crippen molar-refractivity contribution >= 4 is 21.8 Å². The summed E-state index contributed by atoms with van der Waals surface area (Å²) in [5.74, 6) is -2.73. The maximum absolute atomic E-state index is 13.6. The van der Waals surface area contributed by atoms with E-state index in [0.29, 0.717) is 25.9 Å². The van der Waals surface area contributed by atoms with Crippen molar-refractivity contribution in [2.24, 2.45) is 0 Å². The molecular formula is C12H12BrF2NO2. The molecule has 1 saturated heterocycles. The van der Waals surface area contributed by atoms with E-state index in [1.165, 1.54) is 17.0 Å². The second kappa shape index (κ2) is 5.32. The summed E-state index contributed by atoms with van der Waals surface area (Å²) < 4.78 is 27.0. The summed E-state index contributed by atoms with van der Waals surface area (Å²) in [6.45, 7) is 0.717. The Labute approximate surface area is 112 Å². The molecule has 1 aromatic rings. The highest BCUT2D eigenvalue weighted by molar-refractivity contribution is 9.10. The minimum absolute atomic E-state index is 0.00869. The molecule has 2 rings (SSSR count). The van der Waals surface area contributed by atoms with E-state index < -0.39 is 23.6 Å². The molecule has 1 N–H and O–H groups in total. The fourth-order valence-corrected chi connectivity index (χ4v) is 2.24. The van der Waals surface area contributed by atoms with E-state index >= 15 is 0 Å². The monoisotopic (exact) mass is 319 g/mol. The van der Waals surface area contributed by atoms with E-state index in [1.54, 1.807) is 0 Å². The van der Waals surface area contributed by atoms with Crippen molar-refractivity contribution in [3.05, 3.63) is 33.8 Å². The first-order valence-electron chi connectivity index (χ1n) is 5.61. The summed E-state index contributed by atoms with van der Waals surface area (Å²) in [6.07, 6.45) is 0.513. The molecule has 0 atom stereocenters. The van der Waals surface area contributed by atoms with Crippen LogP contribution in [0, 0.1) is 11.6 Å². The molecule has 18 heavy (non-hydrogen) atoms. The smallest absolute Gasteiger partial charge is 0.256 e. The van der Waals surface area contributed by atoms with Crippen LogP contribution in [0.1, 0.15) is 23.2 Å². The lowest BCUT2D eigenvalue weighted by atomic mass is 10.1. The van der Waals surface area contributed by atoms with Crippen molar-refractivity contribution < 1.29 is 18.7 Å². The van der Waals surface area contributed by atoms with Crippen LogP contribution < -0.4 is 0 Å². The van der Waals surface area contributed by atoms with Gasteiger partial charge in [0, 0.05) is 13.1 Å². The lowest BCUT2D eigenvalue weighted by molar-refractivity contribution is 0.0542. The number of piperidine rings is 1. The number of rotatable bonds is 1. The Morgan fingerprint density at radius 1 is 1.28 bits per heavy atom. The quantitative estimate of drug-likeness (QED) is 0.807. The number of carbonyl (C=O) groups excluding carboxylic acids is 1. The van der Waals surface area contributed by atoms with Gasteiger partial charge in [-0.25, -0.2) is 8.78 Å². The number of carbonyl (C=O) groups is 1. The van der Waals surface area contributed by atoms with Crippen molar-refractivity contribution in [2.45, 2.75) is 18.9 Å². The lowest BCUT2D eigenvalue weighted by Crippen LogP contribution is -2.40. The maximum atomic E-state index is 13.6. The van der Waals surface area contributed by atoms with Gasteiger partial charge in [-0.2, -0.15) is 0 Å². The zero-order valence-electron chi connectivity index (χ0n) is 9.50. The molecular weight excluding hydrogens is 308 g/mol. The standard InChI is InChI=1S/C12H12BrF2NO2/c13-9-2-1-8(10(14)11(9)15)12(18)16-5-3-7(17)4-6-16/h1-2,7,17H,3-6H2. The molecule has 3 nitrogen and oxygen atoms in total. The van der Waals surface area contributed by atoms with Crippen LogP contribution in [0.3, 0.4) is 0 Å². The van der Waals surface area contributed by atoms with Gasteiger partial charge in [0.05, 0.1) is 16.1 Å². The highest BCUT2D eigenvalue weighted by Gasteiger charge is 2.25. The van der Waals surface area contributed by atoms with Gasteiger partial charge in [0.15, 0.2) is 11.6 Å². The molecule has 1 heterocycles. The number of halogens is 3. The third-order valence-corrected chi connectivity index (χ3v) is 3.63. The highest BCUT2D eigenvalue weighted by atomic mass is 79.9. The first-order chi connectivity index (χ1) is 8.50. The van der Waals surface area contributed by atoms with Gasteiger partial charge in [0.25, 0.3) is 5.91 Å². The molecule has 1 aromatic carbocycles. The fourth-order valence-electron chi connectivity index (χ4n) is 1.93. The Bertz CT molecular complexity index is 473. The van der Waals surface area contributed by atoms with E-state index in [2.05, 4.69) is 15.9 Å².